The normalized spacial score (nSPS) is 7.80. The minimum atomic E-state index is -1.37. The van der Waals surface area contributed by atoms with Crippen LogP contribution in [-0.4, -0.2) is 0 Å². The Bertz CT molecular complexity index is 20.9. The molecule has 0 nitrogen and oxygen atoms in total. The third-order valence-corrected chi connectivity index (χ3v) is 9.36. The van der Waals surface area contributed by atoms with Gasteiger partial charge in [0.15, 0.2) is 0 Å². The van der Waals surface area contributed by atoms with E-state index in [-0.39, 0.29) is 0 Å². The van der Waals surface area contributed by atoms with E-state index in [0.29, 0.717) is 0 Å². The molecule has 0 unspecified atom stereocenters. The van der Waals surface area contributed by atoms with Gasteiger partial charge in [0.2, 0.25) is 0 Å². The summed E-state index contributed by atoms with van der Waals surface area (Å²) in [6.07, 6.45) is 0. The molecule has 5 heavy (non-hydrogen) atoms. The van der Waals surface area contributed by atoms with E-state index in [4.69, 9.17) is 8.25 Å². The van der Waals surface area contributed by atoms with Crippen molar-refractivity contribution in [2.45, 2.75) is 15.3 Å². The summed E-state index contributed by atoms with van der Waals surface area (Å²) >= 11 is -1.37. The minimum absolute atomic E-state index is 1.30. The predicted octanol–water partition coefficient (Wildman–Crippen LogP) is 2.24. The maximum atomic E-state index is 5.69. The molecule has 0 saturated carbocycles. The van der Waals surface area contributed by atoms with Gasteiger partial charge in [-0.2, -0.15) is 0 Å². The summed E-state index contributed by atoms with van der Waals surface area (Å²) in [7, 11) is 5.69. The standard InChI is InChI=1S/C2H5.CH3.ClH.Hg/c1-2;;;/h1H2,2H3;1H3;1H;/q;;;+1/p-1. The van der Waals surface area contributed by atoms with Crippen LogP contribution in [0.4, 0.5) is 0 Å². The van der Waals surface area contributed by atoms with Crippen LogP contribution >= 0.6 is 8.25 Å². The van der Waals surface area contributed by atoms with Gasteiger partial charge < -0.3 is 0 Å². The van der Waals surface area contributed by atoms with Gasteiger partial charge in [0, 0.05) is 0 Å². The van der Waals surface area contributed by atoms with Crippen molar-refractivity contribution in [2.24, 2.45) is 0 Å². The van der Waals surface area contributed by atoms with E-state index in [2.05, 4.69) is 11.4 Å². The summed E-state index contributed by atoms with van der Waals surface area (Å²) < 4.78 is 3.52. The zero-order valence-electron chi connectivity index (χ0n) is 3.79. The topological polar surface area (TPSA) is 0 Å². The van der Waals surface area contributed by atoms with Crippen LogP contribution in [0.5, 0.6) is 0 Å². The van der Waals surface area contributed by atoms with Crippen LogP contribution in [0, 0.1) is 0 Å². The van der Waals surface area contributed by atoms with Crippen LogP contribution in [0.2, 0.25) is 8.36 Å². The Balaban J connectivity index is 2.54. The van der Waals surface area contributed by atoms with Crippen LogP contribution < -0.4 is 0 Å². The molecule has 0 aromatic carbocycles. The Morgan fingerprint density at radius 2 is 2.00 bits per heavy atom. The van der Waals surface area contributed by atoms with Crippen LogP contribution in [0.1, 0.15) is 6.92 Å². The Morgan fingerprint density at radius 1 is 1.80 bits per heavy atom. The molecule has 0 aliphatic carbocycles. The fourth-order valence-electron chi connectivity index (χ4n) is 0. The molecule has 0 aliphatic rings. The second kappa shape index (κ2) is 3.42. The monoisotopic (exact) mass is 281 g/mol. The fourth-order valence-corrected chi connectivity index (χ4v) is 0. The summed E-state index contributed by atoms with van der Waals surface area (Å²) in [5.41, 5.74) is 0. The van der Waals surface area contributed by atoms with Crippen LogP contribution in [0.3, 0.4) is 0 Å². The third kappa shape index (κ3) is 5.23. The van der Waals surface area contributed by atoms with E-state index >= 15 is 0 Å². The van der Waals surface area contributed by atoms with E-state index < -0.39 is 21.8 Å². The quantitative estimate of drug-likeness (QED) is 0.646. The van der Waals surface area contributed by atoms with Gasteiger partial charge in [-0.15, -0.1) is 0 Å². The van der Waals surface area contributed by atoms with Crippen molar-refractivity contribution in [1.82, 2.24) is 0 Å². The first-order valence-corrected chi connectivity index (χ1v) is 18.3. The molecule has 0 aliphatic heterocycles. The molecule has 0 amide bonds. The average Bonchev–Trinajstić information content (AvgIpc) is 1.38. The van der Waals surface area contributed by atoms with Gasteiger partial charge in [-0.1, -0.05) is 0 Å². The van der Waals surface area contributed by atoms with Crippen molar-refractivity contribution in [3.05, 3.63) is 0 Å². The number of hydrogen-bond donors (Lipinski definition) is 0. The van der Waals surface area contributed by atoms with Gasteiger partial charge in [-0.25, -0.2) is 0 Å². The molecule has 0 atom stereocenters. The van der Waals surface area contributed by atoms with Crippen molar-refractivity contribution in [3.63, 3.8) is 0 Å². The summed E-state index contributed by atoms with van der Waals surface area (Å²) in [5.74, 6) is 0. The molecule has 0 radical (unpaired) electrons. The average molecular weight is 280 g/mol. The number of halogens is 1. The van der Waals surface area contributed by atoms with E-state index in [0.717, 1.165) is 0 Å². The van der Waals surface area contributed by atoms with Gasteiger partial charge >= 0.3 is 45.3 Å². The number of rotatable bonds is 1. The van der Waals surface area contributed by atoms with Crippen LogP contribution in [0.15, 0.2) is 0 Å². The molecule has 0 spiro atoms. The Hall–Kier alpha value is 1.23. The van der Waals surface area contributed by atoms with Crippen molar-refractivity contribution >= 4 is 8.25 Å². The van der Waals surface area contributed by atoms with E-state index in [9.17, 15) is 0 Å². The zero-order valence-corrected chi connectivity index (χ0v) is 10.0. The first-order chi connectivity index (χ1) is 2.27. The molecular formula is C3H8ClHg. The first kappa shape index (κ1) is 6.23. The van der Waals surface area contributed by atoms with Gasteiger partial charge in [0.1, 0.15) is 0 Å². The van der Waals surface area contributed by atoms with E-state index in [1.165, 1.54) is 3.93 Å². The van der Waals surface area contributed by atoms with E-state index in [1.807, 2.05) is 0 Å². The second-order valence-electron chi connectivity index (χ2n) is 1.46. The summed E-state index contributed by atoms with van der Waals surface area (Å²) in [6.45, 7) is 2.17. The van der Waals surface area contributed by atoms with Gasteiger partial charge in [-0.05, 0) is 0 Å². The van der Waals surface area contributed by atoms with Crippen LogP contribution in [-0.2, 0) is 21.8 Å². The molecule has 29 valence electrons. The van der Waals surface area contributed by atoms with Crippen molar-refractivity contribution in [2.75, 3.05) is 0 Å². The molecule has 0 fully saturated rings. The Kier molecular flexibility index (Phi) is 4.25. The first-order valence-electron chi connectivity index (χ1n) is 2.18. The van der Waals surface area contributed by atoms with Gasteiger partial charge in [0.25, 0.3) is 0 Å². The summed E-state index contributed by atoms with van der Waals surface area (Å²) in [6, 6.07) is 0. The molecule has 2 heteroatoms. The molecule has 0 heterocycles. The molecule has 0 saturated heterocycles. The summed E-state index contributed by atoms with van der Waals surface area (Å²) in [5, 5.41) is 0. The van der Waals surface area contributed by atoms with Crippen LogP contribution in [0.25, 0.3) is 0 Å². The predicted molar refractivity (Wildman–Crippen MR) is 22.2 cm³/mol. The number of hydrogen-bond acceptors (Lipinski definition) is 0. The van der Waals surface area contributed by atoms with E-state index in [1.54, 1.807) is 0 Å². The SMILES string of the molecule is C[CH2][Hg]([CH3])[Cl]. The molecule has 0 aromatic rings. The maximum absolute atomic E-state index is 5.69. The molecule has 0 aromatic heterocycles. The summed E-state index contributed by atoms with van der Waals surface area (Å²) in [4.78, 5) is 0. The second-order valence-corrected chi connectivity index (χ2v) is 20.8. The fraction of sp³-hybridized carbons (Fsp3) is 1.00. The Morgan fingerprint density at radius 3 is 2.00 bits per heavy atom. The van der Waals surface area contributed by atoms with Gasteiger partial charge in [0.05, 0.1) is 0 Å². The van der Waals surface area contributed by atoms with Crippen molar-refractivity contribution in [1.29, 1.82) is 0 Å². The molecule has 0 N–H and O–H groups in total. The molecular weight excluding hydrogens is 272 g/mol. The van der Waals surface area contributed by atoms with Crippen molar-refractivity contribution in [3.8, 4) is 0 Å². The zero-order chi connectivity index (χ0) is 4.28. The Labute approximate surface area is 45.2 Å². The third-order valence-electron chi connectivity index (χ3n) is 0.689. The molecule has 0 bridgehead atoms. The van der Waals surface area contributed by atoms with Crippen molar-refractivity contribution < 1.29 is 21.8 Å². The van der Waals surface area contributed by atoms with Gasteiger partial charge in [-0.3, -0.25) is 0 Å². The molecule has 0 rings (SSSR count).